The van der Waals surface area contributed by atoms with Gasteiger partial charge < -0.3 is 5.32 Å². The molecule has 0 aliphatic carbocycles. The number of rotatable bonds is 10. The van der Waals surface area contributed by atoms with Crippen molar-refractivity contribution < 1.29 is 9.59 Å². The highest BCUT2D eigenvalue weighted by Crippen LogP contribution is 2.10. The third-order valence-electron chi connectivity index (χ3n) is 4.44. The summed E-state index contributed by atoms with van der Waals surface area (Å²) < 4.78 is 0. The summed E-state index contributed by atoms with van der Waals surface area (Å²) in [5.41, 5.74) is 8.25. The lowest BCUT2D eigenvalue weighted by atomic mass is 10.2. The van der Waals surface area contributed by atoms with E-state index in [1.807, 2.05) is 72.8 Å². The normalized spacial score (nSPS) is 10.9. The number of amides is 2. The topological polar surface area (TPSA) is 95.0 Å². The summed E-state index contributed by atoms with van der Waals surface area (Å²) in [6.45, 7) is 0.628. The third kappa shape index (κ3) is 7.87. The van der Waals surface area contributed by atoms with E-state index in [0.29, 0.717) is 24.9 Å². The van der Waals surface area contributed by atoms with Crippen LogP contribution in [0.15, 0.2) is 95.1 Å². The molecular weight excluding hydrogens is 402 g/mol. The summed E-state index contributed by atoms with van der Waals surface area (Å²) in [4.78, 5) is 24.0. The van der Waals surface area contributed by atoms with Crippen LogP contribution in [0.3, 0.4) is 0 Å². The maximum absolute atomic E-state index is 12.2. The molecule has 0 atom stereocenters. The van der Waals surface area contributed by atoms with Crippen molar-refractivity contribution in [2.45, 2.75) is 12.8 Å². The minimum absolute atomic E-state index is 0.137. The maximum atomic E-state index is 12.2. The van der Waals surface area contributed by atoms with Crippen LogP contribution in [0.2, 0.25) is 0 Å². The molecular formula is C25H25N5O2. The first kappa shape index (κ1) is 22.4. The van der Waals surface area contributed by atoms with E-state index in [1.54, 1.807) is 24.6 Å². The van der Waals surface area contributed by atoms with E-state index in [-0.39, 0.29) is 11.8 Å². The van der Waals surface area contributed by atoms with Gasteiger partial charge in [0.15, 0.2) is 0 Å². The number of anilines is 1. The Morgan fingerprint density at radius 3 is 1.88 bits per heavy atom. The highest BCUT2D eigenvalue weighted by atomic mass is 16.2. The van der Waals surface area contributed by atoms with Gasteiger partial charge in [-0.15, -0.1) is 0 Å². The van der Waals surface area contributed by atoms with E-state index >= 15 is 0 Å². The van der Waals surface area contributed by atoms with Gasteiger partial charge in [-0.05, 0) is 41.8 Å². The van der Waals surface area contributed by atoms with Crippen molar-refractivity contribution in [3.05, 3.63) is 102 Å². The molecule has 2 amide bonds. The molecule has 7 nitrogen and oxygen atoms in total. The molecule has 3 N–H and O–H groups in total. The number of nitrogens with zero attached hydrogens (tertiary/aromatic N) is 2. The van der Waals surface area contributed by atoms with E-state index in [1.165, 1.54) is 0 Å². The van der Waals surface area contributed by atoms with Gasteiger partial charge in [0.05, 0.1) is 12.4 Å². The molecule has 32 heavy (non-hydrogen) atoms. The van der Waals surface area contributed by atoms with E-state index < -0.39 is 0 Å². The molecule has 0 heterocycles. The summed E-state index contributed by atoms with van der Waals surface area (Å²) in [5.74, 6) is -0.418. The first-order valence-electron chi connectivity index (χ1n) is 10.3. The second-order valence-corrected chi connectivity index (χ2v) is 6.92. The molecule has 162 valence electrons. The fourth-order valence-corrected chi connectivity index (χ4v) is 2.76. The first-order chi connectivity index (χ1) is 15.7. The van der Waals surface area contributed by atoms with Gasteiger partial charge in [0.25, 0.3) is 5.91 Å². The Labute approximate surface area is 187 Å². The molecule has 0 spiro atoms. The van der Waals surface area contributed by atoms with Crippen molar-refractivity contribution in [2.24, 2.45) is 10.2 Å². The van der Waals surface area contributed by atoms with E-state index in [9.17, 15) is 9.59 Å². The summed E-state index contributed by atoms with van der Waals surface area (Å²) in [6, 6.07) is 26.2. The highest BCUT2D eigenvalue weighted by Gasteiger charge is 2.04. The van der Waals surface area contributed by atoms with Crippen molar-refractivity contribution in [3.8, 4) is 0 Å². The summed E-state index contributed by atoms with van der Waals surface area (Å²) >= 11 is 0. The van der Waals surface area contributed by atoms with Gasteiger partial charge in [0.2, 0.25) is 5.91 Å². The monoisotopic (exact) mass is 427 g/mol. The van der Waals surface area contributed by atoms with Crippen molar-refractivity contribution in [1.82, 2.24) is 10.9 Å². The van der Waals surface area contributed by atoms with Crippen LogP contribution in [0, 0.1) is 0 Å². The molecule has 0 saturated heterocycles. The Bertz CT molecular complexity index is 1050. The lowest BCUT2D eigenvalue weighted by molar-refractivity contribution is -0.121. The van der Waals surface area contributed by atoms with Gasteiger partial charge in [-0.1, -0.05) is 60.7 Å². The molecule has 0 unspecified atom stereocenters. The average molecular weight is 428 g/mol. The SMILES string of the molecule is O=C(CCCNc1ccc(C(=O)N/N=C/c2ccccc2)cc1)N/N=C/c1ccccc1. The lowest BCUT2D eigenvalue weighted by Crippen LogP contribution is -2.18. The molecule has 0 aromatic heterocycles. The van der Waals surface area contributed by atoms with Gasteiger partial charge in [-0.3, -0.25) is 9.59 Å². The van der Waals surface area contributed by atoms with Crippen molar-refractivity contribution in [3.63, 3.8) is 0 Å². The van der Waals surface area contributed by atoms with Crippen LogP contribution in [0.4, 0.5) is 5.69 Å². The van der Waals surface area contributed by atoms with Crippen LogP contribution >= 0.6 is 0 Å². The minimum Gasteiger partial charge on any atom is -0.385 e. The lowest BCUT2D eigenvalue weighted by Gasteiger charge is -2.07. The standard InChI is InChI=1S/C25H25N5O2/c31-24(29-27-18-20-8-3-1-4-9-20)12-7-17-26-23-15-13-22(14-16-23)25(32)30-28-19-21-10-5-2-6-11-21/h1-6,8-11,13-16,18-19,26H,7,12,17H2,(H,29,31)(H,30,32)/b27-18+,28-19+. The number of benzene rings is 3. The number of hydrogen-bond acceptors (Lipinski definition) is 5. The molecule has 7 heteroatoms. The van der Waals surface area contributed by atoms with Crippen LogP contribution < -0.4 is 16.2 Å². The molecule has 3 rings (SSSR count). The van der Waals surface area contributed by atoms with E-state index in [0.717, 1.165) is 16.8 Å². The largest absolute Gasteiger partial charge is 0.385 e. The Kier molecular flexibility index (Phi) is 8.72. The Morgan fingerprint density at radius 1 is 0.719 bits per heavy atom. The van der Waals surface area contributed by atoms with Crippen LogP contribution in [0.1, 0.15) is 34.3 Å². The second kappa shape index (κ2) is 12.4. The van der Waals surface area contributed by atoms with Gasteiger partial charge in [-0.2, -0.15) is 10.2 Å². The quantitative estimate of drug-likeness (QED) is 0.261. The third-order valence-corrected chi connectivity index (χ3v) is 4.44. The molecule has 0 radical (unpaired) electrons. The van der Waals surface area contributed by atoms with Gasteiger partial charge in [0.1, 0.15) is 0 Å². The zero-order valence-corrected chi connectivity index (χ0v) is 17.6. The predicted molar refractivity (Wildman–Crippen MR) is 128 cm³/mol. The summed E-state index contributed by atoms with van der Waals surface area (Å²) in [7, 11) is 0. The predicted octanol–water partition coefficient (Wildman–Crippen LogP) is 3.79. The maximum Gasteiger partial charge on any atom is 0.271 e. The zero-order chi connectivity index (χ0) is 22.4. The van der Waals surface area contributed by atoms with Gasteiger partial charge in [0, 0.05) is 24.2 Å². The molecule has 0 aliphatic heterocycles. The number of hydrogen-bond donors (Lipinski definition) is 3. The Hall–Kier alpha value is -4.26. The Balaban J connectivity index is 1.33. The molecule has 0 fully saturated rings. The average Bonchev–Trinajstić information content (AvgIpc) is 2.83. The molecule has 0 saturated carbocycles. The van der Waals surface area contributed by atoms with Crippen molar-refractivity contribution in [1.29, 1.82) is 0 Å². The first-order valence-corrected chi connectivity index (χ1v) is 10.3. The fourth-order valence-electron chi connectivity index (χ4n) is 2.76. The number of nitrogens with one attached hydrogen (secondary N) is 3. The van der Waals surface area contributed by atoms with Gasteiger partial charge >= 0.3 is 0 Å². The smallest absolute Gasteiger partial charge is 0.271 e. The second-order valence-electron chi connectivity index (χ2n) is 6.92. The number of carbonyl (C=O) groups is 2. The molecule has 3 aromatic carbocycles. The van der Waals surface area contributed by atoms with E-state index in [2.05, 4.69) is 26.4 Å². The van der Waals surface area contributed by atoms with Crippen LogP contribution in [0.5, 0.6) is 0 Å². The van der Waals surface area contributed by atoms with Crippen LogP contribution in [0.25, 0.3) is 0 Å². The Morgan fingerprint density at radius 2 is 1.28 bits per heavy atom. The van der Waals surface area contributed by atoms with Gasteiger partial charge in [-0.25, -0.2) is 10.9 Å². The van der Waals surface area contributed by atoms with Crippen molar-refractivity contribution >= 4 is 29.9 Å². The summed E-state index contributed by atoms with van der Waals surface area (Å²) in [6.07, 6.45) is 4.22. The minimum atomic E-state index is -0.281. The molecule has 0 aliphatic rings. The fraction of sp³-hybridized carbons (Fsp3) is 0.120. The zero-order valence-electron chi connectivity index (χ0n) is 17.6. The van der Waals surface area contributed by atoms with Crippen LogP contribution in [-0.4, -0.2) is 30.8 Å². The van der Waals surface area contributed by atoms with Crippen LogP contribution in [-0.2, 0) is 4.79 Å². The van der Waals surface area contributed by atoms with E-state index in [4.69, 9.17) is 0 Å². The molecule has 0 bridgehead atoms. The number of hydrazone groups is 2. The summed E-state index contributed by atoms with van der Waals surface area (Å²) in [5, 5.41) is 11.2. The van der Waals surface area contributed by atoms with Crippen molar-refractivity contribution in [2.75, 3.05) is 11.9 Å². The molecule has 3 aromatic rings. The highest BCUT2D eigenvalue weighted by molar-refractivity contribution is 5.95. The number of carbonyl (C=O) groups excluding carboxylic acids is 2.